The van der Waals surface area contributed by atoms with Crippen LogP contribution in [0.5, 0.6) is 0 Å². The average Bonchev–Trinajstić information content (AvgIpc) is 2.11. The van der Waals surface area contributed by atoms with Gasteiger partial charge in [-0.15, -0.1) is 0 Å². The fraction of sp³-hybridized carbons (Fsp3) is 0.200. The van der Waals surface area contributed by atoms with Crippen molar-refractivity contribution in [3.8, 4) is 0 Å². The third-order valence-corrected chi connectivity index (χ3v) is 2.23. The zero-order chi connectivity index (χ0) is 7.78. The second-order valence-corrected chi connectivity index (χ2v) is 3.55. The van der Waals surface area contributed by atoms with Gasteiger partial charge in [0.2, 0.25) is 0 Å². The van der Waals surface area contributed by atoms with Gasteiger partial charge in [-0.3, -0.25) is 4.57 Å². The van der Waals surface area contributed by atoms with Gasteiger partial charge in [0.05, 0.1) is 6.26 Å². The predicted molar refractivity (Wildman–Crippen MR) is 35.1 cm³/mol. The molecule has 0 saturated heterocycles. The van der Waals surface area contributed by atoms with Crippen LogP contribution < -0.4 is 5.30 Å². The van der Waals surface area contributed by atoms with Gasteiger partial charge in [0.15, 0.2) is 0 Å². The zero-order valence-electron chi connectivity index (χ0n) is 5.31. The molecule has 0 amide bonds. The molecule has 2 N–H and O–H groups in total. The Morgan fingerprint density at radius 1 is 1.50 bits per heavy atom. The SMILES string of the molecule is Cc1cocc1P(=O)(O)O. The molecule has 0 unspecified atom stereocenters. The minimum Gasteiger partial charge on any atom is -0.471 e. The van der Waals surface area contributed by atoms with Crippen molar-refractivity contribution < 1.29 is 18.8 Å². The summed E-state index contributed by atoms with van der Waals surface area (Å²) in [7, 11) is -4.10. The molecule has 56 valence electrons. The summed E-state index contributed by atoms with van der Waals surface area (Å²) in [6.07, 6.45) is 2.37. The Hall–Kier alpha value is -0.570. The van der Waals surface area contributed by atoms with Crippen molar-refractivity contribution in [2.45, 2.75) is 6.92 Å². The Morgan fingerprint density at radius 3 is 2.30 bits per heavy atom. The van der Waals surface area contributed by atoms with E-state index in [1.165, 1.54) is 6.26 Å². The van der Waals surface area contributed by atoms with Crippen molar-refractivity contribution in [1.29, 1.82) is 0 Å². The lowest BCUT2D eigenvalue weighted by atomic mass is 10.4. The molecule has 1 rings (SSSR count). The van der Waals surface area contributed by atoms with Crippen molar-refractivity contribution in [3.63, 3.8) is 0 Å². The first kappa shape index (κ1) is 7.54. The van der Waals surface area contributed by atoms with E-state index in [2.05, 4.69) is 4.42 Å². The first-order valence-electron chi connectivity index (χ1n) is 2.60. The van der Waals surface area contributed by atoms with Gasteiger partial charge >= 0.3 is 7.60 Å². The van der Waals surface area contributed by atoms with Gasteiger partial charge in [0.1, 0.15) is 11.6 Å². The molecule has 0 aromatic carbocycles. The predicted octanol–water partition coefficient (Wildman–Crippen LogP) is 0.391. The Bertz CT molecular complexity index is 271. The molecule has 1 aromatic rings. The zero-order valence-corrected chi connectivity index (χ0v) is 6.21. The molecule has 1 aromatic heterocycles. The minimum atomic E-state index is -4.10. The highest BCUT2D eigenvalue weighted by atomic mass is 31.2. The number of rotatable bonds is 1. The van der Waals surface area contributed by atoms with Gasteiger partial charge in [-0.25, -0.2) is 0 Å². The van der Waals surface area contributed by atoms with E-state index < -0.39 is 7.60 Å². The van der Waals surface area contributed by atoms with Crippen molar-refractivity contribution in [1.82, 2.24) is 0 Å². The molecule has 0 atom stereocenters. The lowest BCUT2D eigenvalue weighted by molar-refractivity contribution is 0.387. The van der Waals surface area contributed by atoms with Crippen molar-refractivity contribution in [2.75, 3.05) is 0 Å². The van der Waals surface area contributed by atoms with Crippen LogP contribution in [-0.2, 0) is 4.57 Å². The molecule has 0 radical (unpaired) electrons. The largest absolute Gasteiger partial charge is 0.471 e. The van der Waals surface area contributed by atoms with Crippen LogP contribution in [0, 0.1) is 6.92 Å². The number of hydrogen-bond donors (Lipinski definition) is 2. The second kappa shape index (κ2) is 2.23. The molecule has 0 aliphatic rings. The molecular weight excluding hydrogens is 155 g/mol. The Kier molecular flexibility index (Phi) is 1.68. The van der Waals surface area contributed by atoms with Crippen LogP contribution in [0.3, 0.4) is 0 Å². The topological polar surface area (TPSA) is 70.7 Å². The van der Waals surface area contributed by atoms with E-state index >= 15 is 0 Å². The molecule has 5 heteroatoms. The maximum absolute atomic E-state index is 10.5. The van der Waals surface area contributed by atoms with Gasteiger partial charge in [-0.2, -0.15) is 0 Å². The maximum Gasteiger partial charge on any atom is 0.359 e. The van der Waals surface area contributed by atoms with E-state index in [0.717, 1.165) is 6.26 Å². The number of hydrogen-bond acceptors (Lipinski definition) is 2. The molecule has 0 saturated carbocycles. The minimum absolute atomic E-state index is 0.0347. The molecule has 10 heavy (non-hydrogen) atoms. The van der Waals surface area contributed by atoms with Crippen molar-refractivity contribution in [3.05, 3.63) is 18.1 Å². The Balaban J connectivity index is 3.18. The van der Waals surface area contributed by atoms with Crippen LogP contribution >= 0.6 is 7.60 Å². The highest BCUT2D eigenvalue weighted by Crippen LogP contribution is 2.34. The first-order chi connectivity index (χ1) is 4.52. The van der Waals surface area contributed by atoms with Gasteiger partial charge in [-0.1, -0.05) is 0 Å². The lowest BCUT2D eigenvalue weighted by Crippen LogP contribution is -2.02. The second-order valence-electron chi connectivity index (χ2n) is 1.98. The molecule has 1 heterocycles. The van der Waals surface area contributed by atoms with Crippen LogP contribution in [0.1, 0.15) is 5.56 Å². The molecule has 0 aliphatic carbocycles. The molecular formula is C5H7O4P. The van der Waals surface area contributed by atoms with Gasteiger partial charge in [-0.05, 0) is 6.92 Å². The summed E-state index contributed by atoms with van der Waals surface area (Å²) < 4.78 is 15.1. The first-order valence-corrected chi connectivity index (χ1v) is 4.22. The van der Waals surface area contributed by atoms with Crippen molar-refractivity contribution >= 4 is 12.9 Å². The Morgan fingerprint density at radius 2 is 2.10 bits per heavy atom. The maximum atomic E-state index is 10.5. The summed E-state index contributed by atoms with van der Waals surface area (Å²) in [4.78, 5) is 17.2. The molecule has 4 nitrogen and oxygen atoms in total. The summed E-state index contributed by atoms with van der Waals surface area (Å²) in [6, 6.07) is 0. The van der Waals surface area contributed by atoms with E-state index in [1.54, 1.807) is 6.92 Å². The van der Waals surface area contributed by atoms with Crippen LogP contribution in [0.15, 0.2) is 16.9 Å². The lowest BCUT2D eigenvalue weighted by Gasteiger charge is -1.98. The van der Waals surface area contributed by atoms with E-state index in [1.807, 2.05) is 0 Å². The number of furan rings is 1. The van der Waals surface area contributed by atoms with Gasteiger partial charge < -0.3 is 14.2 Å². The van der Waals surface area contributed by atoms with Crippen LogP contribution in [0.25, 0.3) is 0 Å². The standard InChI is InChI=1S/C5H7O4P/c1-4-2-9-3-5(4)10(6,7)8/h2-3H,1H3,(H2,6,7,8). The van der Waals surface area contributed by atoms with E-state index in [4.69, 9.17) is 9.79 Å². The van der Waals surface area contributed by atoms with Gasteiger partial charge in [0.25, 0.3) is 0 Å². The molecule has 0 aliphatic heterocycles. The third-order valence-electron chi connectivity index (χ3n) is 1.14. The smallest absolute Gasteiger partial charge is 0.359 e. The van der Waals surface area contributed by atoms with Gasteiger partial charge in [0, 0.05) is 5.56 Å². The van der Waals surface area contributed by atoms with E-state index in [0.29, 0.717) is 5.56 Å². The Labute approximate surface area is 57.6 Å². The summed E-state index contributed by atoms with van der Waals surface area (Å²) in [5.41, 5.74) is 0.480. The monoisotopic (exact) mass is 162 g/mol. The molecule has 0 fully saturated rings. The average molecular weight is 162 g/mol. The van der Waals surface area contributed by atoms with E-state index in [-0.39, 0.29) is 5.30 Å². The van der Waals surface area contributed by atoms with E-state index in [9.17, 15) is 4.57 Å². The molecule has 0 spiro atoms. The summed E-state index contributed by atoms with van der Waals surface area (Å²) >= 11 is 0. The third kappa shape index (κ3) is 1.29. The quantitative estimate of drug-likeness (QED) is 0.586. The highest BCUT2D eigenvalue weighted by Gasteiger charge is 2.20. The fourth-order valence-electron chi connectivity index (χ4n) is 0.652. The summed E-state index contributed by atoms with van der Waals surface area (Å²) in [5, 5.41) is -0.0347. The highest BCUT2D eigenvalue weighted by molar-refractivity contribution is 7.60. The molecule has 0 bridgehead atoms. The van der Waals surface area contributed by atoms with Crippen LogP contribution in [0.4, 0.5) is 0 Å². The fourth-order valence-corrected chi connectivity index (χ4v) is 1.36. The normalized spacial score (nSPS) is 11.9. The van der Waals surface area contributed by atoms with Crippen molar-refractivity contribution in [2.24, 2.45) is 0 Å². The summed E-state index contributed by atoms with van der Waals surface area (Å²) in [6.45, 7) is 1.58. The number of aryl methyl sites for hydroxylation is 1. The van der Waals surface area contributed by atoms with Crippen LogP contribution in [-0.4, -0.2) is 9.79 Å². The summed E-state index contributed by atoms with van der Waals surface area (Å²) in [5.74, 6) is 0. The van der Waals surface area contributed by atoms with Crippen LogP contribution in [0.2, 0.25) is 0 Å².